The summed E-state index contributed by atoms with van der Waals surface area (Å²) < 4.78 is 27.3. The summed E-state index contributed by atoms with van der Waals surface area (Å²) in [5.41, 5.74) is 0.744. The van der Waals surface area contributed by atoms with Crippen molar-refractivity contribution in [3.8, 4) is 11.5 Å². The first-order chi connectivity index (χ1) is 25.8. The standard InChI is InChI=1S/C43H46O9S/c1-3-40(44)50-26-25-49-36-18-22-39-32(29-36)14-13-31-28-33(15-21-38(31)39)43(47)53-37-19-16-34(17-20-37)48-23-9-4-5-10-24-51-42(46)30(2)27-41(45)52-35-11-7-6-8-12-35/h3,13-22,28-29,35H,1-2,4-12,23-27H2. The molecular weight excluding hydrogens is 693 g/mol. The topological polar surface area (TPSA) is 114 Å². The third-order valence-electron chi connectivity index (χ3n) is 8.88. The van der Waals surface area contributed by atoms with Gasteiger partial charge in [0.1, 0.15) is 30.8 Å². The van der Waals surface area contributed by atoms with Gasteiger partial charge in [-0.25, -0.2) is 9.59 Å². The van der Waals surface area contributed by atoms with Crippen molar-refractivity contribution in [3.05, 3.63) is 103 Å². The molecule has 0 heterocycles. The molecule has 278 valence electrons. The van der Waals surface area contributed by atoms with Gasteiger partial charge < -0.3 is 23.7 Å². The minimum absolute atomic E-state index is 0.0425. The first kappa shape index (κ1) is 39.1. The van der Waals surface area contributed by atoms with Gasteiger partial charge in [0.25, 0.3) is 0 Å². The Morgan fingerprint density at radius 1 is 0.698 bits per heavy atom. The van der Waals surface area contributed by atoms with Gasteiger partial charge in [0.2, 0.25) is 5.12 Å². The van der Waals surface area contributed by atoms with Crippen molar-refractivity contribution in [3.63, 3.8) is 0 Å². The molecule has 0 N–H and O–H groups in total. The van der Waals surface area contributed by atoms with Crippen LogP contribution in [0.4, 0.5) is 0 Å². The summed E-state index contributed by atoms with van der Waals surface area (Å²) >= 11 is 1.17. The van der Waals surface area contributed by atoms with Crippen LogP contribution in [0.1, 0.15) is 74.6 Å². The molecule has 0 spiro atoms. The van der Waals surface area contributed by atoms with Gasteiger partial charge in [0.05, 0.1) is 19.6 Å². The van der Waals surface area contributed by atoms with E-state index in [0.29, 0.717) is 17.9 Å². The third kappa shape index (κ3) is 12.2. The Labute approximate surface area is 314 Å². The van der Waals surface area contributed by atoms with E-state index >= 15 is 0 Å². The van der Waals surface area contributed by atoms with Crippen molar-refractivity contribution < 1.29 is 42.9 Å². The zero-order valence-corrected chi connectivity index (χ0v) is 30.8. The smallest absolute Gasteiger partial charge is 0.333 e. The van der Waals surface area contributed by atoms with E-state index in [1.54, 1.807) is 0 Å². The molecule has 5 rings (SSSR count). The molecule has 0 amide bonds. The second-order valence-corrected chi connectivity index (χ2v) is 13.9. The number of rotatable bonds is 19. The predicted octanol–water partition coefficient (Wildman–Crippen LogP) is 9.34. The number of thioether (sulfide) groups is 1. The number of benzene rings is 4. The maximum atomic E-state index is 13.2. The summed E-state index contributed by atoms with van der Waals surface area (Å²) in [5.74, 6) is -0.0322. The molecule has 1 aliphatic carbocycles. The summed E-state index contributed by atoms with van der Waals surface area (Å²) in [6.07, 6.45) is 9.39. The molecule has 0 aromatic heterocycles. The number of hydrogen-bond donors (Lipinski definition) is 0. The van der Waals surface area contributed by atoms with E-state index in [1.807, 2.05) is 72.8 Å². The van der Waals surface area contributed by atoms with Crippen molar-refractivity contribution in [1.29, 1.82) is 0 Å². The lowest BCUT2D eigenvalue weighted by Gasteiger charge is -2.21. The molecular formula is C43H46O9S. The summed E-state index contributed by atoms with van der Waals surface area (Å²) in [6, 6.07) is 23.0. The number of carbonyl (C=O) groups excluding carboxylic acids is 4. The summed E-state index contributed by atoms with van der Waals surface area (Å²) in [7, 11) is 0. The van der Waals surface area contributed by atoms with Gasteiger partial charge in [-0.05, 0) is 133 Å². The molecule has 0 atom stereocenters. The van der Waals surface area contributed by atoms with Crippen molar-refractivity contribution >= 4 is 56.3 Å². The van der Waals surface area contributed by atoms with Gasteiger partial charge in [0.15, 0.2) is 0 Å². The highest BCUT2D eigenvalue weighted by Crippen LogP contribution is 2.31. The highest BCUT2D eigenvalue weighted by atomic mass is 32.2. The SMILES string of the molecule is C=CC(=O)OCCOc1ccc2c(ccc3cc(C(=O)Sc4ccc(OCCCCCCOC(=O)C(=C)CC(=O)OC5CCCCC5)cc4)ccc32)c1. The molecule has 4 aromatic rings. The number of fused-ring (bicyclic) bond motifs is 3. The lowest BCUT2D eigenvalue weighted by Crippen LogP contribution is -2.22. The fourth-order valence-electron chi connectivity index (χ4n) is 6.07. The van der Waals surface area contributed by atoms with E-state index in [0.717, 1.165) is 89.6 Å². The largest absolute Gasteiger partial charge is 0.494 e. The molecule has 1 saturated carbocycles. The van der Waals surface area contributed by atoms with Gasteiger partial charge in [0, 0.05) is 22.1 Å². The monoisotopic (exact) mass is 738 g/mol. The minimum atomic E-state index is -0.547. The third-order valence-corrected chi connectivity index (χ3v) is 9.81. The molecule has 10 heteroatoms. The quantitative estimate of drug-likeness (QED) is 0.0230. The zero-order chi connectivity index (χ0) is 37.4. The van der Waals surface area contributed by atoms with Crippen molar-refractivity contribution in [2.75, 3.05) is 26.4 Å². The summed E-state index contributed by atoms with van der Waals surface area (Å²) in [5, 5.41) is 4.00. The van der Waals surface area contributed by atoms with E-state index in [4.69, 9.17) is 23.7 Å². The second-order valence-electron chi connectivity index (χ2n) is 12.9. The van der Waals surface area contributed by atoms with Crippen LogP contribution >= 0.6 is 11.8 Å². The number of ether oxygens (including phenoxy) is 5. The van der Waals surface area contributed by atoms with E-state index in [2.05, 4.69) is 13.2 Å². The van der Waals surface area contributed by atoms with Gasteiger partial charge in [-0.1, -0.05) is 43.8 Å². The van der Waals surface area contributed by atoms with Crippen LogP contribution in [0.5, 0.6) is 11.5 Å². The molecule has 0 saturated heterocycles. The number of hydrogen-bond acceptors (Lipinski definition) is 10. The van der Waals surface area contributed by atoms with Gasteiger partial charge in [-0.15, -0.1) is 0 Å². The summed E-state index contributed by atoms with van der Waals surface area (Å²) in [6.45, 7) is 8.28. The molecule has 0 bridgehead atoms. The van der Waals surface area contributed by atoms with Crippen molar-refractivity contribution in [2.24, 2.45) is 0 Å². The lowest BCUT2D eigenvalue weighted by molar-refractivity contribution is -0.151. The van der Waals surface area contributed by atoms with Crippen LogP contribution in [0, 0.1) is 0 Å². The highest BCUT2D eigenvalue weighted by molar-refractivity contribution is 8.14. The van der Waals surface area contributed by atoms with Crippen LogP contribution in [0.15, 0.2) is 102 Å². The Morgan fingerprint density at radius 2 is 1.36 bits per heavy atom. The molecule has 53 heavy (non-hydrogen) atoms. The van der Waals surface area contributed by atoms with Crippen LogP contribution < -0.4 is 9.47 Å². The number of unbranched alkanes of at least 4 members (excludes halogenated alkanes) is 3. The first-order valence-electron chi connectivity index (χ1n) is 18.2. The van der Waals surface area contributed by atoms with Crippen molar-refractivity contribution in [2.45, 2.75) is 75.2 Å². The molecule has 0 aliphatic heterocycles. The highest BCUT2D eigenvalue weighted by Gasteiger charge is 2.20. The molecule has 4 aromatic carbocycles. The first-order valence-corrected chi connectivity index (χ1v) is 19.0. The van der Waals surface area contributed by atoms with E-state index in [9.17, 15) is 19.2 Å². The zero-order valence-electron chi connectivity index (χ0n) is 30.0. The molecule has 0 unspecified atom stereocenters. The van der Waals surface area contributed by atoms with Crippen LogP contribution in [-0.4, -0.2) is 55.6 Å². The van der Waals surface area contributed by atoms with Crippen molar-refractivity contribution in [1.82, 2.24) is 0 Å². The maximum Gasteiger partial charge on any atom is 0.333 e. The van der Waals surface area contributed by atoms with Crippen LogP contribution in [-0.2, 0) is 28.6 Å². The number of carbonyl (C=O) groups is 4. The Kier molecular flexibility index (Phi) is 14.9. The van der Waals surface area contributed by atoms with E-state index in [-0.39, 0.29) is 43.0 Å². The van der Waals surface area contributed by atoms with E-state index < -0.39 is 17.9 Å². The molecule has 0 radical (unpaired) electrons. The summed E-state index contributed by atoms with van der Waals surface area (Å²) in [4.78, 5) is 49.5. The normalized spacial score (nSPS) is 12.9. The Morgan fingerprint density at radius 3 is 2.09 bits per heavy atom. The lowest BCUT2D eigenvalue weighted by atomic mass is 9.98. The predicted molar refractivity (Wildman–Crippen MR) is 206 cm³/mol. The van der Waals surface area contributed by atoms with Crippen LogP contribution in [0.25, 0.3) is 21.5 Å². The molecule has 1 fully saturated rings. The van der Waals surface area contributed by atoms with Gasteiger partial charge in [-0.2, -0.15) is 0 Å². The van der Waals surface area contributed by atoms with Gasteiger partial charge in [-0.3, -0.25) is 9.59 Å². The van der Waals surface area contributed by atoms with Crippen LogP contribution in [0.3, 0.4) is 0 Å². The Bertz CT molecular complexity index is 1910. The minimum Gasteiger partial charge on any atom is -0.494 e. The number of esters is 3. The average molecular weight is 739 g/mol. The fourth-order valence-corrected chi connectivity index (χ4v) is 6.80. The molecule has 1 aliphatic rings. The maximum absolute atomic E-state index is 13.2. The average Bonchev–Trinajstić information content (AvgIpc) is 3.17. The van der Waals surface area contributed by atoms with Gasteiger partial charge >= 0.3 is 17.9 Å². The Balaban J connectivity index is 0.973. The van der Waals surface area contributed by atoms with Crippen LogP contribution in [0.2, 0.25) is 0 Å². The Hall–Kier alpha value is -5.09. The fraction of sp³-hybridized carbons (Fsp3) is 0.349. The second kappa shape index (κ2) is 20.2. The van der Waals surface area contributed by atoms with E-state index in [1.165, 1.54) is 18.2 Å². The molecule has 9 nitrogen and oxygen atoms in total.